The summed E-state index contributed by atoms with van der Waals surface area (Å²) < 4.78 is 13.5. The maximum absolute atomic E-state index is 13.5. The number of rotatable bonds is 3. The van der Waals surface area contributed by atoms with Gasteiger partial charge in [0.05, 0.1) is 0 Å². The van der Waals surface area contributed by atoms with Crippen molar-refractivity contribution >= 4 is 0 Å². The highest BCUT2D eigenvalue weighted by Crippen LogP contribution is 2.72. The molecule has 4 rings (SSSR count). The Morgan fingerprint density at radius 2 is 1.65 bits per heavy atom. The summed E-state index contributed by atoms with van der Waals surface area (Å²) >= 11 is 0. The topological polar surface area (TPSA) is 12.0 Å². The summed E-state index contributed by atoms with van der Waals surface area (Å²) in [6, 6.07) is 3.81. The molecular formula is C18H24FN. The normalized spacial score (nSPS) is 38.9. The molecule has 1 aromatic carbocycles. The zero-order valence-corrected chi connectivity index (χ0v) is 12.6. The van der Waals surface area contributed by atoms with Crippen molar-refractivity contribution in [2.45, 2.75) is 39.2 Å². The summed E-state index contributed by atoms with van der Waals surface area (Å²) in [5, 5.41) is 3.56. The number of benzene rings is 1. The van der Waals surface area contributed by atoms with Gasteiger partial charge in [-0.2, -0.15) is 0 Å². The van der Waals surface area contributed by atoms with Crippen LogP contribution in [0.3, 0.4) is 0 Å². The lowest BCUT2D eigenvalue weighted by molar-refractivity contribution is 0.383. The van der Waals surface area contributed by atoms with Crippen molar-refractivity contribution in [1.29, 1.82) is 0 Å². The van der Waals surface area contributed by atoms with E-state index in [1.54, 1.807) is 12.1 Å². The van der Waals surface area contributed by atoms with Gasteiger partial charge in [-0.3, -0.25) is 0 Å². The smallest absolute Gasteiger partial charge is 0.123 e. The molecule has 0 aliphatic heterocycles. The first-order chi connectivity index (χ1) is 9.61. The highest BCUT2D eigenvalue weighted by atomic mass is 19.1. The van der Waals surface area contributed by atoms with Gasteiger partial charge in [0.1, 0.15) is 5.82 Å². The number of fused-ring (bicyclic) bond motifs is 5. The fraction of sp³-hybridized carbons (Fsp3) is 0.667. The van der Waals surface area contributed by atoms with Crippen LogP contribution in [0.1, 0.15) is 42.0 Å². The van der Waals surface area contributed by atoms with Gasteiger partial charge in [0.15, 0.2) is 0 Å². The minimum atomic E-state index is -0.102. The molecule has 1 aromatic rings. The molecule has 2 heteroatoms. The summed E-state index contributed by atoms with van der Waals surface area (Å²) in [5.41, 5.74) is 3.58. The SMILES string of the molecule is CNC(c1c(C)cc(F)cc1C)C1C2C3CCC(C3)C21. The van der Waals surface area contributed by atoms with Crippen LogP contribution in [0.25, 0.3) is 0 Å². The van der Waals surface area contributed by atoms with Gasteiger partial charge in [-0.25, -0.2) is 4.39 Å². The molecule has 3 fully saturated rings. The number of halogens is 1. The van der Waals surface area contributed by atoms with E-state index in [0.29, 0.717) is 6.04 Å². The summed E-state index contributed by atoms with van der Waals surface area (Å²) in [4.78, 5) is 0. The molecule has 5 unspecified atom stereocenters. The second-order valence-electron chi connectivity index (χ2n) is 7.28. The molecule has 0 spiro atoms. The van der Waals surface area contributed by atoms with Crippen molar-refractivity contribution in [2.24, 2.45) is 29.6 Å². The van der Waals surface area contributed by atoms with Gasteiger partial charge in [-0.15, -0.1) is 0 Å². The summed E-state index contributed by atoms with van der Waals surface area (Å²) in [5.74, 6) is 4.59. The van der Waals surface area contributed by atoms with Crippen LogP contribution in [0.5, 0.6) is 0 Å². The van der Waals surface area contributed by atoms with Crippen LogP contribution in [-0.2, 0) is 0 Å². The van der Waals surface area contributed by atoms with Gasteiger partial charge in [0, 0.05) is 6.04 Å². The Hall–Kier alpha value is -0.890. The molecule has 0 radical (unpaired) electrons. The first-order valence-corrected chi connectivity index (χ1v) is 8.05. The van der Waals surface area contributed by atoms with Gasteiger partial charge < -0.3 is 5.32 Å². The van der Waals surface area contributed by atoms with Gasteiger partial charge in [-0.05, 0) is 98.6 Å². The number of aryl methyl sites for hydroxylation is 2. The average molecular weight is 273 g/mol. The molecule has 2 bridgehead atoms. The van der Waals surface area contributed by atoms with Crippen LogP contribution in [-0.4, -0.2) is 7.05 Å². The van der Waals surface area contributed by atoms with E-state index in [4.69, 9.17) is 0 Å². The van der Waals surface area contributed by atoms with Crippen molar-refractivity contribution in [3.8, 4) is 0 Å². The zero-order chi connectivity index (χ0) is 14.0. The first-order valence-electron chi connectivity index (χ1n) is 8.05. The lowest BCUT2D eigenvalue weighted by atomic mass is 9.88. The van der Waals surface area contributed by atoms with E-state index in [1.165, 1.54) is 24.8 Å². The van der Waals surface area contributed by atoms with Crippen LogP contribution in [0.4, 0.5) is 4.39 Å². The lowest BCUT2D eigenvalue weighted by Gasteiger charge is -2.24. The maximum atomic E-state index is 13.5. The van der Waals surface area contributed by atoms with Crippen LogP contribution < -0.4 is 5.32 Å². The molecule has 20 heavy (non-hydrogen) atoms. The minimum absolute atomic E-state index is 0.102. The first kappa shape index (κ1) is 12.8. The molecule has 0 heterocycles. The van der Waals surface area contributed by atoms with E-state index >= 15 is 0 Å². The Kier molecular flexibility index (Phi) is 2.76. The Morgan fingerprint density at radius 3 is 2.15 bits per heavy atom. The van der Waals surface area contributed by atoms with Crippen molar-refractivity contribution in [1.82, 2.24) is 5.32 Å². The molecule has 0 aromatic heterocycles. The van der Waals surface area contributed by atoms with Crippen molar-refractivity contribution in [3.63, 3.8) is 0 Å². The molecule has 1 N–H and O–H groups in total. The van der Waals surface area contributed by atoms with E-state index in [1.807, 2.05) is 0 Å². The Balaban J connectivity index is 1.67. The Morgan fingerprint density at radius 1 is 1.10 bits per heavy atom. The summed E-state index contributed by atoms with van der Waals surface area (Å²) in [7, 11) is 2.07. The summed E-state index contributed by atoms with van der Waals surface area (Å²) in [6.45, 7) is 4.12. The highest BCUT2D eigenvalue weighted by Gasteiger charge is 2.66. The average Bonchev–Trinajstić information content (AvgIpc) is 2.81. The van der Waals surface area contributed by atoms with E-state index < -0.39 is 0 Å². The molecule has 1 nitrogen and oxygen atoms in total. The Labute approximate surface area is 121 Å². The fourth-order valence-corrected chi connectivity index (χ4v) is 5.78. The zero-order valence-electron chi connectivity index (χ0n) is 12.6. The molecule has 108 valence electrons. The lowest BCUT2D eigenvalue weighted by Crippen LogP contribution is -2.24. The molecule has 3 aliphatic carbocycles. The van der Waals surface area contributed by atoms with E-state index in [9.17, 15) is 4.39 Å². The van der Waals surface area contributed by atoms with Crippen LogP contribution in [0, 0.1) is 49.3 Å². The molecule has 5 atom stereocenters. The third kappa shape index (κ3) is 1.64. The highest BCUT2D eigenvalue weighted by molar-refractivity contribution is 5.39. The van der Waals surface area contributed by atoms with Crippen LogP contribution in [0.15, 0.2) is 12.1 Å². The maximum Gasteiger partial charge on any atom is 0.123 e. The van der Waals surface area contributed by atoms with Gasteiger partial charge in [0.2, 0.25) is 0 Å². The molecule has 0 amide bonds. The number of hydrogen-bond donors (Lipinski definition) is 1. The van der Waals surface area contributed by atoms with Crippen LogP contribution in [0.2, 0.25) is 0 Å². The quantitative estimate of drug-likeness (QED) is 0.878. The number of hydrogen-bond acceptors (Lipinski definition) is 1. The van der Waals surface area contributed by atoms with Gasteiger partial charge in [0.25, 0.3) is 0 Å². The van der Waals surface area contributed by atoms with Crippen molar-refractivity contribution < 1.29 is 4.39 Å². The minimum Gasteiger partial charge on any atom is -0.313 e. The predicted octanol–water partition coefficient (Wildman–Crippen LogP) is 4.00. The third-order valence-corrected chi connectivity index (χ3v) is 6.36. The predicted molar refractivity (Wildman–Crippen MR) is 79.0 cm³/mol. The van der Waals surface area contributed by atoms with E-state index in [2.05, 4.69) is 26.2 Å². The van der Waals surface area contributed by atoms with Crippen LogP contribution >= 0.6 is 0 Å². The third-order valence-electron chi connectivity index (χ3n) is 6.36. The second-order valence-corrected chi connectivity index (χ2v) is 7.28. The van der Waals surface area contributed by atoms with Crippen molar-refractivity contribution in [3.05, 3.63) is 34.6 Å². The molecular weight excluding hydrogens is 249 g/mol. The molecule has 3 saturated carbocycles. The van der Waals surface area contributed by atoms with Crippen molar-refractivity contribution in [2.75, 3.05) is 7.05 Å². The van der Waals surface area contributed by atoms with Gasteiger partial charge >= 0.3 is 0 Å². The standard InChI is InChI=1S/C18H24FN/c1-9-6-13(19)7-10(2)14(9)18(20-3)17-15-11-4-5-12(8-11)16(15)17/h6-7,11-12,15-18,20H,4-5,8H2,1-3H3. The fourth-order valence-electron chi connectivity index (χ4n) is 5.78. The van der Waals surface area contributed by atoms with E-state index in [-0.39, 0.29) is 5.82 Å². The monoisotopic (exact) mass is 273 g/mol. The van der Waals surface area contributed by atoms with Gasteiger partial charge in [-0.1, -0.05) is 0 Å². The molecule has 0 saturated heterocycles. The molecule has 3 aliphatic rings. The number of nitrogens with one attached hydrogen (secondary N) is 1. The largest absolute Gasteiger partial charge is 0.313 e. The van der Waals surface area contributed by atoms with E-state index in [0.717, 1.165) is 40.7 Å². The second kappa shape index (κ2) is 4.30. The summed E-state index contributed by atoms with van der Waals surface area (Å²) in [6.07, 6.45) is 4.41. The Bertz CT molecular complexity index is 513.